The molecule has 0 saturated heterocycles. The molecule has 1 amide bonds. The molecule has 0 bridgehead atoms. The maximum absolute atomic E-state index is 11.9. The van der Waals surface area contributed by atoms with E-state index in [2.05, 4.69) is 52.0 Å². The lowest BCUT2D eigenvalue weighted by Crippen LogP contribution is -2.31. The van der Waals surface area contributed by atoms with Crippen molar-refractivity contribution in [1.29, 1.82) is 0 Å². The Hall–Kier alpha value is -2.47. The number of benzene rings is 1. The molecule has 23 heavy (non-hydrogen) atoms. The quantitative estimate of drug-likeness (QED) is 0.814. The van der Waals surface area contributed by atoms with Crippen LogP contribution < -0.4 is 10.6 Å². The molecule has 0 saturated carbocycles. The highest BCUT2D eigenvalue weighted by molar-refractivity contribution is 5.92. The largest absolute Gasteiger partial charge is 0.365 e. The first-order chi connectivity index (χ1) is 11.0. The van der Waals surface area contributed by atoms with Gasteiger partial charge in [0, 0.05) is 19.6 Å². The molecule has 0 radical (unpaired) electrons. The van der Waals surface area contributed by atoms with Gasteiger partial charge in [-0.2, -0.15) is 0 Å². The van der Waals surface area contributed by atoms with Crippen LogP contribution in [-0.2, 0) is 6.54 Å². The second-order valence-corrected chi connectivity index (χ2v) is 5.70. The first kappa shape index (κ1) is 16.9. The van der Waals surface area contributed by atoms with Gasteiger partial charge >= 0.3 is 0 Å². The molecule has 0 spiro atoms. The molecule has 2 N–H and O–H groups in total. The fourth-order valence-corrected chi connectivity index (χ4v) is 1.93. The van der Waals surface area contributed by atoms with Gasteiger partial charge in [0.15, 0.2) is 5.69 Å². The van der Waals surface area contributed by atoms with Crippen molar-refractivity contribution in [1.82, 2.24) is 20.4 Å². The molecule has 0 aliphatic carbocycles. The predicted molar refractivity (Wildman–Crippen MR) is 91.4 cm³/mol. The molecule has 0 fully saturated rings. The molecule has 0 aliphatic heterocycles. The summed E-state index contributed by atoms with van der Waals surface area (Å²) in [4.78, 5) is 13.9. The Kier molecular flexibility index (Phi) is 6.05. The van der Waals surface area contributed by atoms with E-state index in [1.54, 1.807) is 12.1 Å². The van der Waals surface area contributed by atoms with E-state index in [0.29, 0.717) is 24.6 Å². The summed E-state index contributed by atoms with van der Waals surface area (Å²) < 4.78 is 0. The van der Waals surface area contributed by atoms with Gasteiger partial charge < -0.3 is 15.5 Å². The van der Waals surface area contributed by atoms with Crippen LogP contribution in [0.1, 0.15) is 21.6 Å². The molecular formula is C17H23N5O. The van der Waals surface area contributed by atoms with Crippen molar-refractivity contribution in [3.8, 4) is 0 Å². The Bertz CT molecular complexity index is 622. The number of carbonyl (C=O) groups excluding carboxylic acids is 1. The maximum Gasteiger partial charge on any atom is 0.271 e. The van der Waals surface area contributed by atoms with Crippen molar-refractivity contribution >= 4 is 11.7 Å². The Balaban J connectivity index is 1.84. The predicted octanol–water partition coefficient (Wildman–Crippen LogP) is 1.69. The van der Waals surface area contributed by atoms with Gasteiger partial charge in [-0.1, -0.05) is 29.8 Å². The van der Waals surface area contributed by atoms with Crippen molar-refractivity contribution in [3.63, 3.8) is 0 Å². The van der Waals surface area contributed by atoms with Crippen LogP contribution in [0, 0.1) is 6.92 Å². The summed E-state index contributed by atoms with van der Waals surface area (Å²) in [6.07, 6.45) is 0. The fourth-order valence-electron chi connectivity index (χ4n) is 1.93. The van der Waals surface area contributed by atoms with Crippen LogP contribution in [-0.4, -0.2) is 48.2 Å². The molecule has 122 valence electrons. The zero-order valence-corrected chi connectivity index (χ0v) is 13.8. The molecule has 0 unspecified atom stereocenters. The topological polar surface area (TPSA) is 70.2 Å². The van der Waals surface area contributed by atoms with E-state index < -0.39 is 0 Å². The van der Waals surface area contributed by atoms with Crippen molar-refractivity contribution in [3.05, 3.63) is 53.2 Å². The Labute approximate surface area is 136 Å². The molecule has 2 rings (SSSR count). The summed E-state index contributed by atoms with van der Waals surface area (Å²) in [5, 5.41) is 14.0. The SMILES string of the molecule is Cc1ccc(CNc2ccc(C(=O)NCCN(C)C)nn2)cc1. The highest BCUT2D eigenvalue weighted by Crippen LogP contribution is 2.07. The third kappa shape index (κ3) is 5.67. The van der Waals surface area contributed by atoms with Gasteiger partial charge in [-0.05, 0) is 38.7 Å². The number of likely N-dealkylation sites (N-methyl/N-ethyl adjacent to an activating group) is 1. The number of anilines is 1. The van der Waals surface area contributed by atoms with Gasteiger partial charge in [-0.3, -0.25) is 4.79 Å². The standard InChI is InChI=1S/C17H23N5O/c1-13-4-6-14(7-5-13)12-19-16-9-8-15(20-21-16)17(23)18-10-11-22(2)3/h4-9H,10-12H2,1-3H3,(H,18,23)(H,19,21). The Morgan fingerprint density at radius 3 is 2.43 bits per heavy atom. The van der Waals surface area contributed by atoms with Crippen LogP contribution in [0.15, 0.2) is 36.4 Å². The van der Waals surface area contributed by atoms with E-state index >= 15 is 0 Å². The van der Waals surface area contributed by atoms with E-state index in [4.69, 9.17) is 0 Å². The number of amides is 1. The molecule has 6 heteroatoms. The zero-order valence-electron chi connectivity index (χ0n) is 13.8. The normalized spacial score (nSPS) is 10.6. The second-order valence-electron chi connectivity index (χ2n) is 5.70. The molecular weight excluding hydrogens is 290 g/mol. The average molecular weight is 313 g/mol. The van der Waals surface area contributed by atoms with Crippen molar-refractivity contribution in [2.45, 2.75) is 13.5 Å². The van der Waals surface area contributed by atoms with Gasteiger partial charge in [-0.25, -0.2) is 0 Å². The number of carbonyl (C=O) groups is 1. The van der Waals surface area contributed by atoms with Gasteiger partial charge in [0.1, 0.15) is 5.82 Å². The minimum atomic E-state index is -0.204. The average Bonchev–Trinajstić information content (AvgIpc) is 2.54. The number of nitrogens with one attached hydrogen (secondary N) is 2. The third-order valence-electron chi connectivity index (χ3n) is 3.34. The summed E-state index contributed by atoms with van der Waals surface area (Å²) in [7, 11) is 3.92. The number of aromatic nitrogens is 2. The molecule has 1 heterocycles. The van der Waals surface area contributed by atoms with E-state index in [1.807, 2.05) is 19.0 Å². The molecule has 0 aliphatic rings. The zero-order chi connectivity index (χ0) is 16.7. The Morgan fingerprint density at radius 2 is 1.83 bits per heavy atom. The van der Waals surface area contributed by atoms with Crippen molar-refractivity contribution in [2.75, 3.05) is 32.5 Å². The lowest BCUT2D eigenvalue weighted by Gasteiger charge is -2.10. The van der Waals surface area contributed by atoms with Crippen LogP contribution in [0.25, 0.3) is 0 Å². The number of nitrogens with zero attached hydrogens (tertiary/aromatic N) is 3. The van der Waals surface area contributed by atoms with Crippen LogP contribution in [0.3, 0.4) is 0 Å². The van der Waals surface area contributed by atoms with Crippen LogP contribution >= 0.6 is 0 Å². The van der Waals surface area contributed by atoms with Crippen LogP contribution in [0.4, 0.5) is 5.82 Å². The first-order valence-electron chi connectivity index (χ1n) is 7.60. The van der Waals surface area contributed by atoms with Gasteiger partial charge in [0.2, 0.25) is 0 Å². The molecule has 6 nitrogen and oxygen atoms in total. The summed E-state index contributed by atoms with van der Waals surface area (Å²) in [5.74, 6) is 0.444. The number of hydrogen-bond donors (Lipinski definition) is 2. The monoisotopic (exact) mass is 313 g/mol. The van der Waals surface area contributed by atoms with Crippen LogP contribution in [0.2, 0.25) is 0 Å². The van der Waals surface area contributed by atoms with Gasteiger partial charge in [0.25, 0.3) is 5.91 Å². The third-order valence-corrected chi connectivity index (χ3v) is 3.34. The molecule has 1 aromatic carbocycles. The second kappa shape index (κ2) is 8.24. The molecule has 2 aromatic rings. The summed E-state index contributed by atoms with van der Waals surface area (Å²) in [5.41, 5.74) is 2.73. The summed E-state index contributed by atoms with van der Waals surface area (Å²) in [6.45, 7) is 4.10. The van der Waals surface area contributed by atoms with E-state index in [0.717, 1.165) is 6.54 Å². The highest BCUT2D eigenvalue weighted by atomic mass is 16.1. The maximum atomic E-state index is 11.9. The lowest BCUT2D eigenvalue weighted by molar-refractivity contribution is 0.0945. The van der Waals surface area contributed by atoms with Gasteiger partial charge in [0.05, 0.1) is 0 Å². The van der Waals surface area contributed by atoms with E-state index in [1.165, 1.54) is 11.1 Å². The lowest BCUT2D eigenvalue weighted by atomic mass is 10.1. The van der Waals surface area contributed by atoms with Gasteiger partial charge in [-0.15, -0.1) is 10.2 Å². The van der Waals surface area contributed by atoms with Crippen molar-refractivity contribution in [2.24, 2.45) is 0 Å². The summed E-state index contributed by atoms with van der Waals surface area (Å²) >= 11 is 0. The summed E-state index contributed by atoms with van der Waals surface area (Å²) in [6, 6.07) is 11.7. The minimum absolute atomic E-state index is 0.204. The smallest absolute Gasteiger partial charge is 0.271 e. The minimum Gasteiger partial charge on any atom is -0.365 e. The Morgan fingerprint density at radius 1 is 1.09 bits per heavy atom. The molecule has 0 atom stereocenters. The highest BCUT2D eigenvalue weighted by Gasteiger charge is 2.07. The van der Waals surface area contributed by atoms with E-state index in [9.17, 15) is 4.79 Å². The first-order valence-corrected chi connectivity index (χ1v) is 7.60. The van der Waals surface area contributed by atoms with Crippen LogP contribution in [0.5, 0.6) is 0 Å². The number of hydrogen-bond acceptors (Lipinski definition) is 5. The van der Waals surface area contributed by atoms with E-state index in [-0.39, 0.29) is 5.91 Å². The van der Waals surface area contributed by atoms with Crippen molar-refractivity contribution < 1.29 is 4.79 Å². The number of rotatable bonds is 7. The fraction of sp³-hybridized carbons (Fsp3) is 0.353. The molecule has 1 aromatic heterocycles. The number of aryl methyl sites for hydroxylation is 1.